The summed E-state index contributed by atoms with van der Waals surface area (Å²) in [7, 11) is 0. The zero-order valence-corrected chi connectivity index (χ0v) is 13.2. The zero-order valence-electron chi connectivity index (χ0n) is 11.7. The van der Waals surface area contributed by atoms with E-state index >= 15 is 0 Å². The molecule has 8 nitrogen and oxygen atoms in total. The Bertz CT molecular complexity index is 859. The highest BCUT2D eigenvalue weighted by atomic mass is 35.5. The van der Waals surface area contributed by atoms with Crippen LogP contribution in [0.1, 0.15) is 5.56 Å². The normalized spacial score (nSPS) is 11.2. The number of rotatable bonds is 4. The molecule has 0 saturated carbocycles. The molecule has 1 amide bonds. The van der Waals surface area contributed by atoms with Gasteiger partial charge in [0.1, 0.15) is 11.9 Å². The fourth-order valence-electron chi connectivity index (χ4n) is 1.84. The number of nitrogens with zero attached hydrogens (tertiary/aromatic N) is 3. The van der Waals surface area contributed by atoms with E-state index < -0.39 is 44.1 Å². The number of nitrogens with one attached hydrogen (secondary N) is 1. The van der Waals surface area contributed by atoms with Crippen molar-refractivity contribution < 1.29 is 27.7 Å². The minimum Gasteiger partial charge on any atom is -0.298 e. The van der Waals surface area contributed by atoms with E-state index in [2.05, 4.69) is 5.10 Å². The lowest BCUT2D eigenvalue weighted by Gasteiger charge is -2.13. The molecule has 0 fully saturated rings. The molecule has 1 aromatic heterocycles. The Morgan fingerprint density at radius 3 is 2.32 bits per heavy atom. The van der Waals surface area contributed by atoms with Crippen molar-refractivity contribution in [1.82, 2.24) is 9.78 Å². The molecule has 2 rings (SSSR count). The first kappa shape index (κ1) is 18.7. The Morgan fingerprint density at radius 1 is 1.32 bits per heavy atom. The topological polar surface area (TPSA) is 107 Å². The van der Waals surface area contributed by atoms with Gasteiger partial charge in [0.15, 0.2) is 0 Å². The lowest BCUT2D eigenvalue weighted by atomic mass is 10.2. The Labute approximate surface area is 146 Å². The quantitative estimate of drug-likeness (QED) is 0.369. The zero-order chi connectivity index (χ0) is 18.9. The van der Waals surface area contributed by atoms with Crippen molar-refractivity contribution in [3.8, 4) is 5.69 Å². The maximum absolute atomic E-state index is 12.8. The van der Waals surface area contributed by atoms with Crippen LogP contribution < -0.4 is 5.32 Å². The van der Waals surface area contributed by atoms with E-state index in [1.807, 2.05) is 5.32 Å². The summed E-state index contributed by atoms with van der Waals surface area (Å²) in [6.45, 7) is 0. The second-order valence-corrected chi connectivity index (χ2v) is 5.26. The first-order valence-electron chi connectivity index (χ1n) is 6.11. The van der Waals surface area contributed by atoms with E-state index in [9.17, 15) is 32.9 Å². The highest BCUT2D eigenvalue weighted by molar-refractivity contribution is 6.38. The van der Waals surface area contributed by atoms with Crippen molar-refractivity contribution in [3.63, 3.8) is 0 Å². The van der Waals surface area contributed by atoms with Crippen molar-refractivity contribution in [2.24, 2.45) is 0 Å². The van der Waals surface area contributed by atoms with Crippen LogP contribution in [0.4, 0.5) is 24.7 Å². The van der Waals surface area contributed by atoms with Gasteiger partial charge in [-0.2, -0.15) is 18.3 Å². The van der Waals surface area contributed by atoms with Gasteiger partial charge in [0.2, 0.25) is 12.1 Å². The SMILES string of the molecule is O=CC(=O)Nc1c([N+](=O)[O-])cnn1-c1c(Cl)cc(C(F)(F)F)cc1Cl. The van der Waals surface area contributed by atoms with Gasteiger partial charge in [-0.25, -0.2) is 4.68 Å². The van der Waals surface area contributed by atoms with Gasteiger partial charge in [-0.05, 0) is 12.1 Å². The molecule has 1 N–H and O–H groups in total. The second-order valence-electron chi connectivity index (χ2n) is 4.44. The van der Waals surface area contributed by atoms with Gasteiger partial charge in [-0.1, -0.05) is 23.2 Å². The second kappa shape index (κ2) is 6.69. The van der Waals surface area contributed by atoms with Crippen LogP contribution in [0.3, 0.4) is 0 Å². The smallest absolute Gasteiger partial charge is 0.298 e. The third-order valence-electron chi connectivity index (χ3n) is 2.85. The lowest BCUT2D eigenvalue weighted by Crippen LogP contribution is -2.17. The Morgan fingerprint density at radius 2 is 1.88 bits per heavy atom. The lowest BCUT2D eigenvalue weighted by molar-refractivity contribution is -0.384. The molecule has 2 aromatic rings. The Kier molecular flexibility index (Phi) is 4.99. The molecule has 1 heterocycles. The number of nitro groups is 1. The number of alkyl halides is 3. The maximum Gasteiger partial charge on any atom is 0.416 e. The number of benzene rings is 1. The minimum absolute atomic E-state index is 0.156. The molecule has 1 aromatic carbocycles. The van der Waals surface area contributed by atoms with Crippen LogP contribution in [-0.4, -0.2) is 26.9 Å². The molecule has 0 aliphatic rings. The predicted octanol–water partition coefficient (Wildman–Crippen LogP) is 3.24. The predicted molar refractivity (Wildman–Crippen MR) is 79.9 cm³/mol. The number of carbonyl (C=O) groups is 2. The van der Waals surface area contributed by atoms with Gasteiger partial charge in [0, 0.05) is 0 Å². The van der Waals surface area contributed by atoms with Crippen molar-refractivity contribution in [1.29, 1.82) is 0 Å². The number of amides is 1. The Hall–Kier alpha value is -2.66. The van der Waals surface area contributed by atoms with Crippen LogP contribution in [-0.2, 0) is 15.8 Å². The van der Waals surface area contributed by atoms with Crippen molar-refractivity contribution >= 4 is 46.9 Å². The molecule has 0 saturated heterocycles. The minimum atomic E-state index is -4.73. The van der Waals surface area contributed by atoms with E-state index in [0.717, 1.165) is 0 Å². The molecular weight excluding hydrogens is 392 g/mol. The molecule has 0 bridgehead atoms. The van der Waals surface area contributed by atoms with Gasteiger partial charge in [-0.3, -0.25) is 25.0 Å². The first-order chi connectivity index (χ1) is 11.6. The summed E-state index contributed by atoms with van der Waals surface area (Å²) in [5, 5.41) is 15.4. The van der Waals surface area contributed by atoms with Crippen LogP contribution in [0.15, 0.2) is 18.3 Å². The average molecular weight is 397 g/mol. The summed E-state index contributed by atoms with van der Waals surface area (Å²) in [5.41, 5.74) is -2.21. The average Bonchev–Trinajstić information content (AvgIpc) is 2.89. The number of halogens is 5. The summed E-state index contributed by atoms with van der Waals surface area (Å²) in [6.07, 6.45) is -4.17. The number of aldehydes is 1. The third-order valence-corrected chi connectivity index (χ3v) is 3.43. The van der Waals surface area contributed by atoms with E-state index in [-0.39, 0.29) is 12.0 Å². The molecule has 0 spiro atoms. The standard InChI is InChI=1S/C12H5Cl2F3N4O4/c13-6-1-5(12(15,16)17)2-7(14)10(6)20-11(19-9(23)4-22)8(3-18-20)21(24)25/h1-4H,(H,19,23). The number of aromatic nitrogens is 2. The summed E-state index contributed by atoms with van der Waals surface area (Å²) < 4.78 is 38.9. The summed E-state index contributed by atoms with van der Waals surface area (Å²) >= 11 is 11.6. The fourth-order valence-corrected chi connectivity index (χ4v) is 2.48. The number of carbonyl (C=O) groups excluding carboxylic acids is 2. The van der Waals surface area contributed by atoms with Gasteiger partial charge >= 0.3 is 11.9 Å². The molecule has 0 atom stereocenters. The number of hydrogen-bond acceptors (Lipinski definition) is 5. The molecule has 0 unspecified atom stereocenters. The van der Waals surface area contributed by atoms with Crippen LogP contribution in [0.25, 0.3) is 5.69 Å². The number of anilines is 1. The number of hydrogen-bond donors (Lipinski definition) is 1. The fraction of sp³-hybridized carbons (Fsp3) is 0.0833. The van der Waals surface area contributed by atoms with E-state index in [0.29, 0.717) is 23.0 Å². The summed E-state index contributed by atoms with van der Waals surface area (Å²) in [5.74, 6) is -1.84. The van der Waals surface area contributed by atoms with E-state index in [1.165, 1.54) is 0 Å². The van der Waals surface area contributed by atoms with Gasteiger partial charge in [0.05, 0.1) is 20.5 Å². The largest absolute Gasteiger partial charge is 0.416 e. The van der Waals surface area contributed by atoms with Gasteiger partial charge in [0.25, 0.3) is 5.91 Å². The van der Waals surface area contributed by atoms with Crippen LogP contribution >= 0.6 is 23.2 Å². The molecule has 13 heteroatoms. The van der Waals surface area contributed by atoms with Crippen LogP contribution in [0.5, 0.6) is 0 Å². The van der Waals surface area contributed by atoms with Crippen LogP contribution in [0, 0.1) is 10.1 Å². The molecular formula is C12H5Cl2F3N4O4. The van der Waals surface area contributed by atoms with Crippen molar-refractivity contribution in [2.45, 2.75) is 6.18 Å². The van der Waals surface area contributed by atoms with E-state index in [1.54, 1.807) is 0 Å². The summed E-state index contributed by atoms with van der Waals surface area (Å²) in [6, 6.07) is 1.09. The van der Waals surface area contributed by atoms with Crippen LogP contribution in [0.2, 0.25) is 10.0 Å². The molecule has 0 aliphatic heterocycles. The monoisotopic (exact) mass is 396 g/mol. The first-order valence-corrected chi connectivity index (χ1v) is 6.87. The van der Waals surface area contributed by atoms with E-state index in [4.69, 9.17) is 23.2 Å². The highest BCUT2D eigenvalue weighted by Crippen LogP contribution is 2.39. The summed E-state index contributed by atoms with van der Waals surface area (Å²) in [4.78, 5) is 31.8. The Balaban J connectivity index is 2.68. The molecule has 0 radical (unpaired) electrons. The van der Waals surface area contributed by atoms with Crippen molar-refractivity contribution in [2.75, 3.05) is 5.32 Å². The molecule has 132 valence electrons. The maximum atomic E-state index is 12.8. The molecule has 25 heavy (non-hydrogen) atoms. The van der Waals surface area contributed by atoms with Crippen molar-refractivity contribution in [3.05, 3.63) is 44.1 Å². The third kappa shape index (κ3) is 3.72. The molecule has 0 aliphatic carbocycles. The highest BCUT2D eigenvalue weighted by Gasteiger charge is 2.33. The van der Waals surface area contributed by atoms with Gasteiger partial charge in [-0.15, -0.1) is 0 Å². The van der Waals surface area contributed by atoms with Gasteiger partial charge < -0.3 is 0 Å².